The van der Waals surface area contributed by atoms with Gasteiger partial charge in [0.2, 0.25) is 0 Å². The summed E-state index contributed by atoms with van der Waals surface area (Å²) >= 11 is 0. The van der Waals surface area contributed by atoms with Crippen LogP contribution in [0, 0.1) is 0 Å². The molecule has 2 aromatic carbocycles. The maximum absolute atomic E-state index is 12.5. The summed E-state index contributed by atoms with van der Waals surface area (Å²) in [6.45, 7) is 1.30. The second-order valence-electron chi connectivity index (χ2n) is 5.32. The van der Waals surface area contributed by atoms with Crippen LogP contribution in [-0.4, -0.2) is 19.0 Å². The summed E-state index contributed by atoms with van der Waals surface area (Å²) < 4.78 is 10.8. The standard InChI is InChI=1S/C18H17NO4/c1-11(20)22-14-10-6-9-13-15(14)18(21)23-17(16(13)19-2)12-7-4-3-5-8-12/h3-10,16-17,19H,1-2H3/t16-,17?/m1/s1. The van der Waals surface area contributed by atoms with Crippen LogP contribution in [0.1, 0.15) is 40.6 Å². The number of nitrogens with one attached hydrogen (secondary N) is 1. The van der Waals surface area contributed by atoms with E-state index in [0.717, 1.165) is 11.1 Å². The summed E-state index contributed by atoms with van der Waals surface area (Å²) in [6, 6.07) is 14.5. The zero-order valence-electron chi connectivity index (χ0n) is 12.9. The number of fused-ring (bicyclic) bond motifs is 1. The zero-order chi connectivity index (χ0) is 16.4. The van der Waals surface area contributed by atoms with Gasteiger partial charge in [0.05, 0.1) is 6.04 Å². The monoisotopic (exact) mass is 311 g/mol. The maximum Gasteiger partial charge on any atom is 0.342 e. The van der Waals surface area contributed by atoms with E-state index < -0.39 is 18.0 Å². The van der Waals surface area contributed by atoms with Crippen molar-refractivity contribution in [2.75, 3.05) is 7.05 Å². The molecular weight excluding hydrogens is 294 g/mol. The molecule has 0 amide bonds. The van der Waals surface area contributed by atoms with Gasteiger partial charge in [-0.15, -0.1) is 0 Å². The van der Waals surface area contributed by atoms with Crippen molar-refractivity contribution in [2.45, 2.75) is 19.1 Å². The Morgan fingerprint density at radius 2 is 1.87 bits per heavy atom. The molecule has 0 saturated carbocycles. The van der Waals surface area contributed by atoms with Crippen molar-refractivity contribution in [2.24, 2.45) is 0 Å². The van der Waals surface area contributed by atoms with Crippen LogP contribution in [0.4, 0.5) is 0 Å². The molecule has 0 aromatic heterocycles. The van der Waals surface area contributed by atoms with Crippen LogP contribution < -0.4 is 10.1 Å². The van der Waals surface area contributed by atoms with Crippen molar-refractivity contribution < 1.29 is 19.1 Å². The maximum atomic E-state index is 12.5. The quantitative estimate of drug-likeness (QED) is 0.697. The molecular formula is C18H17NO4. The molecule has 2 atom stereocenters. The van der Waals surface area contributed by atoms with Crippen LogP contribution in [0.15, 0.2) is 48.5 Å². The normalized spacial score (nSPS) is 19.7. The average Bonchev–Trinajstić information content (AvgIpc) is 2.55. The Bertz CT molecular complexity index is 742. The lowest BCUT2D eigenvalue weighted by atomic mass is 9.89. The van der Waals surface area contributed by atoms with Crippen molar-refractivity contribution >= 4 is 11.9 Å². The summed E-state index contributed by atoms with van der Waals surface area (Å²) in [5.74, 6) is -0.735. The first-order valence-corrected chi connectivity index (χ1v) is 7.36. The summed E-state index contributed by atoms with van der Waals surface area (Å²) in [5, 5.41) is 3.19. The fourth-order valence-corrected chi connectivity index (χ4v) is 2.88. The Labute approximate surface area is 134 Å². The Hall–Kier alpha value is -2.66. The number of carbonyl (C=O) groups is 2. The van der Waals surface area contributed by atoms with Gasteiger partial charge in [-0.3, -0.25) is 4.79 Å². The van der Waals surface area contributed by atoms with Gasteiger partial charge in [-0.1, -0.05) is 42.5 Å². The van der Waals surface area contributed by atoms with Crippen LogP contribution in [0.25, 0.3) is 0 Å². The van der Waals surface area contributed by atoms with Crippen molar-refractivity contribution in [1.82, 2.24) is 5.32 Å². The smallest absolute Gasteiger partial charge is 0.342 e. The lowest BCUT2D eigenvalue weighted by Gasteiger charge is -2.33. The fourth-order valence-electron chi connectivity index (χ4n) is 2.88. The van der Waals surface area contributed by atoms with Gasteiger partial charge in [0.25, 0.3) is 0 Å². The Morgan fingerprint density at radius 1 is 1.13 bits per heavy atom. The van der Waals surface area contributed by atoms with Gasteiger partial charge in [0.15, 0.2) is 0 Å². The molecule has 3 rings (SSSR count). The van der Waals surface area contributed by atoms with E-state index in [9.17, 15) is 9.59 Å². The van der Waals surface area contributed by atoms with Crippen molar-refractivity contribution in [1.29, 1.82) is 0 Å². The van der Waals surface area contributed by atoms with E-state index in [1.165, 1.54) is 6.92 Å². The van der Waals surface area contributed by atoms with E-state index in [-0.39, 0.29) is 11.8 Å². The summed E-state index contributed by atoms with van der Waals surface area (Å²) in [6.07, 6.45) is -0.436. The lowest BCUT2D eigenvalue weighted by Crippen LogP contribution is -2.34. The SMILES string of the molecule is CN[C@@H]1c2cccc(OC(C)=O)c2C(=O)OC1c1ccccc1. The number of benzene rings is 2. The largest absolute Gasteiger partial charge is 0.452 e. The molecule has 1 N–H and O–H groups in total. The first-order chi connectivity index (χ1) is 11.1. The molecule has 1 aliphatic heterocycles. The number of carbonyl (C=O) groups excluding carboxylic acids is 2. The molecule has 0 spiro atoms. The van der Waals surface area contributed by atoms with E-state index in [4.69, 9.17) is 9.47 Å². The molecule has 2 aromatic rings. The van der Waals surface area contributed by atoms with Gasteiger partial charge in [-0.05, 0) is 24.2 Å². The summed E-state index contributed by atoms with van der Waals surface area (Å²) in [5.41, 5.74) is 1.97. The number of ether oxygens (including phenoxy) is 2. The third-order valence-corrected chi connectivity index (χ3v) is 3.83. The second-order valence-corrected chi connectivity index (χ2v) is 5.32. The highest BCUT2D eigenvalue weighted by Crippen LogP contribution is 2.41. The van der Waals surface area contributed by atoms with Gasteiger partial charge >= 0.3 is 11.9 Å². The number of cyclic esters (lactones) is 1. The molecule has 23 heavy (non-hydrogen) atoms. The van der Waals surface area contributed by atoms with Crippen LogP contribution >= 0.6 is 0 Å². The highest BCUT2D eigenvalue weighted by Gasteiger charge is 2.37. The Balaban J connectivity index is 2.08. The third-order valence-electron chi connectivity index (χ3n) is 3.83. The fraction of sp³-hybridized carbons (Fsp3) is 0.222. The van der Waals surface area contributed by atoms with Crippen LogP contribution in [0.3, 0.4) is 0 Å². The van der Waals surface area contributed by atoms with E-state index in [1.54, 1.807) is 12.1 Å². The van der Waals surface area contributed by atoms with Gasteiger partial charge in [0, 0.05) is 6.92 Å². The molecule has 118 valence electrons. The third kappa shape index (κ3) is 2.83. The topological polar surface area (TPSA) is 64.6 Å². The minimum absolute atomic E-state index is 0.222. The van der Waals surface area contributed by atoms with E-state index in [2.05, 4.69) is 5.32 Å². The summed E-state index contributed by atoms with van der Waals surface area (Å²) in [4.78, 5) is 23.7. The number of rotatable bonds is 3. The van der Waals surface area contributed by atoms with Crippen molar-refractivity contribution in [3.63, 3.8) is 0 Å². The molecule has 1 heterocycles. The molecule has 0 radical (unpaired) electrons. The number of hydrogen-bond donors (Lipinski definition) is 1. The average molecular weight is 311 g/mol. The van der Waals surface area contributed by atoms with Crippen LogP contribution in [0.5, 0.6) is 5.75 Å². The molecule has 0 saturated heterocycles. The minimum atomic E-state index is -0.489. The Kier molecular flexibility index (Phi) is 4.12. The number of esters is 2. The van der Waals surface area contributed by atoms with E-state index >= 15 is 0 Å². The Morgan fingerprint density at radius 3 is 2.52 bits per heavy atom. The predicted octanol–water partition coefficient (Wildman–Crippen LogP) is 2.78. The highest BCUT2D eigenvalue weighted by atomic mass is 16.6. The zero-order valence-corrected chi connectivity index (χ0v) is 12.9. The second kappa shape index (κ2) is 6.22. The van der Waals surface area contributed by atoms with Crippen LogP contribution in [-0.2, 0) is 9.53 Å². The first-order valence-electron chi connectivity index (χ1n) is 7.36. The van der Waals surface area contributed by atoms with Gasteiger partial charge in [-0.2, -0.15) is 0 Å². The predicted molar refractivity (Wildman–Crippen MR) is 84.2 cm³/mol. The molecule has 5 heteroatoms. The minimum Gasteiger partial charge on any atom is -0.452 e. The molecule has 1 aliphatic rings. The van der Waals surface area contributed by atoms with Gasteiger partial charge in [-0.25, -0.2) is 4.79 Å². The lowest BCUT2D eigenvalue weighted by molar-refractivity contribution is -0.131. The highest BCUT2D eigenvalue weighted by molar-refractivity contribution is 5.96. The van der Waals surface area contributed by atoms with Gasteiger partial charge in [0.1, 0.15) is 17.4 Å². The number of hydrogen-bond acceptors (Lipinski definition) is 5. The van der Waals surface area contributed by atoms with Crippen molar-refractivity contribution in [3.8, 4) is 5.75 Å². The molecule has 1 unspecified atom stereocenters. The molecule has 0 aliphatic carbocycles. The summed E-state index contributed by atoms with van der Waals surface area (Å²) in [7, 11) is 1.81. The number of likely N-dealkylation sites (N-methyl/N-ethyl adjacent to an activating group) is 1. The van der Waals surface area contributed by atoms with E-state index in [0.29, 0.717) is 5.56 Å². The molecule has 0 bridgehead atoms. The molecule has 5 nitrogen and oxygen atoms in total. The van der Waals surface area contributed by atoms with Gasteiger partial charge < -0.3 is 14.8 Å². The van der Waals surface area contributed by atoms with Crippen LogP contribution in [0.2, 0.25) is 0 Å². The molecule has 0 fully saturated rings. The van der Waals surface area contributed by atoms with Crippen molar-refractivity contribution in [3.05, 3.63) is 65.2 Å². The van der Waals surface area contributed by atoms with E-state index in [1.807, 2.05) is 43.4 Å². The first kappa shape index (κ1) is 15.2.